The van der Waals surface area contributed by atoms with Crippen LogP contribution in [0.15, 0.2) is 5.16 Å². The Morgan fingerprint density at radius 2 is 2.88 bits per heavy atom. The molecule has 1 rings (SSSR count). The van der Waals surface area contributed by atoms with Crippen molar-refractivity contribution < 1.29 is 9.57 Å². The van der Waals surface area contributed by atoms with E-state index in [9.17, 15) is 0 Å². The van der Waals surface area contributed by atoms with Crippen molar-refractivity contribution in [3.63, 3.8) is 0 Å². The molecular formula is C5H8NO2. The van der Waals surface area contributed by atoms with E-state index in [-0.39, 0.29) is 6.10 Å². The molecule has 0 fully saturated rings. The Morgan fingerprint density at radius 1 is 2.00 bits per heavy atom. The molecule has 0 N–H and O–H groups in total. The summed E-state index contributed by atoms with van der Waals surface area (Å²) in [7, 11) is 1.64. The van der Waals surface area contributed by atoms with E-state index in [0.717, 1.165) is 6.42 Å². The molecule has 45 valence electrons. The molecule has 0 saturated carbocycles. The quantitative estimate of drug-likeness (QED) is 0.516. The van der Waals surface area contributed by atoms with E-state index in [1.165, 1.54) is 0 Å². The fourth-order valence-corrected chi connectivity index (χ4v) is 0.563. The third kappa shape index (κ3) is 1.20. The minimum atomic E-state index is 0.111. The molecule has 3 heteroatoms. The van der Waals surface area contributed by atoms with E-state index in [1.54, 1.807) is 7.11 Å². The second-order valence-electron chi connectivity index (χ2n) is 1.64. The van der Waals surface area contributed by atoms with Crippen LogP contribution in [0.1, 0.15) is 6.42 Å². The lowest BCUT2D eigenvalue weighted by atomic mass is 10.3. The predicted octanol–water partition coefficient (Wildman–Crippen LogP) is 0.285. The molecule has 1 radical (unpaired) electrons. The molecule has 1 heterocycles. The SMILES string of the molecule is COCC1C[C]=NO1. The van der Waals surface area contributed by atoms with E-state index in [1.807, 2.05) is 0 Å². The molecule has 0 aromatic carbocycles. The predicted molar refractivity (Wildman–Crippen MR) is 28.8 cm³/mol. The van der Waals surface area contributed by atoms with Crippen LogP contribution in [0.4, 0.5) is 0 Å². The van der Waals surface area contributed by atoms with Crippen LogP contribution in [-0.2, 0) is 9.57 Å². The van der Waals surface area contributed by atoms with Gasteiger partial charge in [0.2, 0.25) is 0 Å². The number of hydrogen-bond donors (Lipinski definition) is 0. The van der Waals surface area contributed by atoms with Crippen LogP contribution in [-0.4, -0.2) is 26.0 Å². The maximum absolute atomic E-state index is 4.80. The van der Waals surface area contributed by atoms with Crippen LogP contribution in [0.2, 0.25) is 0 Å². The third-order valence-corrected chi connectivity index (χ3v) is 0.938. The molecular weight excluding hydrogens is 106 g/mol. The second kappa shape index (κ2) is 2.67. The fraction of sp³-hybridized carbons (Fsp3) is 0.800. The number of rotatable bonds is 2. The largest absolute Gasteiger partial charge is 0.389 e. The first-order chi connectivity index (χ1) is 3.93. The lowest BCUT2D eigenvalue weighted by molar-refractivity contribution is 0.0209. The van der Waals surface area contributed by atoms with Crippen LogP contribution >= 0.6 is 0 Å². The molecule has 0 saturated heterocycles. The first-order valence-electron chi connectivity index (χ1n) is 2.51. The summed E-state index contributed by atoms with van der Waals surface area (Å²) < 4.78 is 4.80. The van der Waals surface area contributed by atoms with E-state index < -0.39 is 0 Å². The van der Waals surface area contributed by atoms with Crippen LogP contribution in [0.25, 0.3) is 0 Å². The Morgan fingerprint density at radius 3 is 3.38 bits per heavy atom. The lowest BCUT2D eigenvalue weighted by Crippen LogP contribution is -2.12. The zero-order valence-electron chi connectivity index (χ0n) is 4.76. The fourth-order valence-electron chi connectivity index (χ4n) is 0.563. The van der Waals surface area contributed by atoms with Crippen LogP contribution in [0.5, 0.6) is 0 Å². The van der Waals surface area contributed by atoms with E-state index in [0.29, 0.717) is 6.61 Å². The van der Waals surface area contributed by atoms with Crippen LogP contribution in [0.3, 0.4) is 0 Å². The smallest absolute Gasteiger partial charge is 0.156 e. The summed E-state index contributed by atoms with van der Waals surface area (Å²) >= 11 is 0. The Labute approximate surface area is 48.3 Å². The molecule has 1 aliphatic heterocycles. The Hall–Kier alpha value is -0.570. The van der Waals surface area contributed by atoms with Gasteiger partial charge in [-0.1, -0.05) is 5.16 Å². The highest BCUT2D eigenvalue weighted by Gasteiger charge is 2.11. The average Bonchev–Trinajstić information content (AvgIpc) is 2.19. The molecule has 0 amide bonds. The molecule has 0 aliphatic carbocycles. The van der Waals surface area contributed by atoms with Crippen molar-refractivity contribution in [2.45, 2.75) is 12.5 Å². The summed E-state index contributed by atoms with van der Waals surface area (Å²) in [5, 5.41) is 3.45. The summed E-state index contributed by atoms with van der Waals surface area (Å²) in [6.45, 7) is 0.608. The first kappa shape index (κ1) is 5.56. The van der Waals surface area contributed by atoms with Crippen LogP contribution in [0, 0.1) is 0 Å². The molecule has 0 spiro atoms. The van der Waals surface area contributed by atoms with Gasteiger partial charge in [0.25, 0.3) is 0 Å². The minimum Gasteiger partial charge on any atom is -0.389 e. The Bertz CT molecular complexity index is 84.4. The molecule has 8 heavy (non-hydrogen) atoms. The standard InChI is InChI=1S/C5H8NO2/c1-7-4-5-2-3-6-8-5/h5H,2,4H2,1H3. The summed E-state index contributed by atoms with van der Waals surface area (Å²) in [6, 6.07) is 0. The van der Waals surface area contributed by atoms with Crippen molar-refractivity contribution in [1.82, 2.24) is 0 Å². The summed E-state index contributed by atoms with van der Waals surface area (Å²) in [5.74, 6) is 0. The van der Waals surface area contributed by atoms with E-state index in [2.05, 4.69) is 11.4 Å². The second-order valence-corrected chi connectivity index (χ2v) is 1.64. The maximum atomic E-state index is 4.80. The van der Waals surface area contributed by atoms with Gasteiger partial charge in [-0.2, -0.15) is 0 Å². The lowest BCUT2D eigenvalue weighted by Gasteiger charge is -2.03. The third-order valence-electron chi connectivity index (χ3n) is 0.938. The molecule has 0 bridgehead atoms. The van der Waals surface area contributed by atoms with Gasteiger partial charge in [0.15, 0.2) is 6.10 Å². The molecule has 1 aliphatic rings. The van der Waals surface area contributed by atoms with Gasteiger partial charge in [-0.25, -0.2) is 0 Å². The average molecular weight is 114 g/mol. The van der Waals surface area contributed by atoms with Gasteiger partial charge >= 0.3 is 0 Å². The van der Waals surface area contributed by atoms with Gasteiger partial charge < -0.3 is 9.57 Å². The van der Waals surface area contributed by atoms with E-state index in [4.69, 9.17) is 9.57 Å². The highest BCUT2D eigenvalue weighted by atomic mass is 16.7. The number of nitrogens with zero attached hydrogens (tertiary/aromatic N) is 1. The highest BCUT2D eigenvalue weighted by molar-refractivity contribution is 5.58. The number of hydrogen-bond acceptors (Lipinski definition) is 3. The van der Waals surface area contributed by atoms with Crippen molar-refractivity contribution in [3.8, 4) is 0 Å². The van der Waals surface area contributed by atoms with Crippen molar-refractivity contribution in [2.75, 3.05) is 13.7 Å². The van der Waals surface area contributed by atoms with Gasteiger partial charge in [0.05, 0.1) is 6.61 Å². The van der Waals surface area contributed by atoms with Gasteiger partial charge in [0, 0.05) is 13.5 Å². The Kier molecular flexibility index (Phi) is 1.86. The molecule has 3 nitrogen and oxygen atoms in total. The van der Waals surface area contributed by atoms with Crippen molar-refractivity contribution in [1.29, 1.82) is 0 Å². The van der Waals surface area contributed by atoms with Gasteiger partial charge in [-0.05, 0) is 0 Å². The maximum Gasteiger partial charge on any atom is 0.156 e. The van der Waals surface area contributed by atoms with Crippen molar-refractivity contribution in [2.24, 2.45) is 5.16 Å². The summed E-state index contributed by atoms with van der Waals surface area (Å²) in [5.41, 5.74) is 0. The Balaban J connectivity index is 2.10. The molecule has 1 atom stereocenters. The molecule has 1 unspecified atom stereocenters. The van der Waals surface area contributed by atoms with Gasteiger partial charge in [-0.15, -0.1) is 0 Å². The minimum absolute atomic E-state index is 0.111. The first-order valence-corrected chi connectivity index (χ1v) is 2.51. The van der Waals surface area contributed by atoms with Crippen molar-refractivity contribution in [3.05, 3.63) is 0 Å². The zero-order valence-corrected chi connectivity index (χ0v) is 4.76. The molecule has 0 aromatic rings. The molecule has 0 aromatic heterocycles. The van der Waals surface area contributed by atoms with Gasteiger partial charge in [0.1, 0.15) is 6.21 Å². The number of ether oxygens (including phenoxy) is 1. The monoisotopic (exact) mass is 114 g/mol. The highest BCUT2D eigenvalue weighted by Crippen LogP contribution is 2.03. The summed E-state index contributed by atoms with van der Waals surface area (Å²) in [4.78, 5) is 4.78. The topological polar surface area (TPSA) is 30.8 Å². The van der Waals surface area contributed by atoms with Crippen molar-refractivity contribution >= 4 is 6.21 Å². The zero-order chi connectivity index (χ0) is 5.82. The normalized spacial score (nSPS) is 25.9. The summed E-state index contributed by atoms with van der Waals surface area (Å²) in [6.07, 6.45) is 3.55. The van der Waals surface area contributed by atoms with E-state index >= 15 is 0 Å². The van der Waals surface area contributed by atoms with Crippen LogP contribution < -0.4 is 0 Å². The number of methoxy groups -OCH3 is 1. The van der Waals surface area contributed by atoms with Gasteiger partial charge in [-0.3, -0.25) is 0 Å².